The largest absolute Gasteiger partial charge is 2.00 e. The summed E-state index contributed by atoms with van der Waals surface area (Å²) >= 11 is 0. The fourth-order valence-electron chi connectivity index (χ4n) is 4.98. The van der Waals surface area contributed by atoms with Gasteiger partial charge in [-0.2, -0.15) is 0 Å². The molecule has 0 saturated heterocycles. The monoisotopic (exact) mass is 725 g/mol. The number of halogens is 1. The Hall–Kier alpha value is -5.28. The quantitative estimate of drug-likeness (QED) is 0.147. The summed E-state index contributed by atoms with van der Waals surface area (Å²) in [4.78, 5) is 56.3. The van der Waals surface area contributed by atoms with Crippen molar-refractivity contribution in [2.24, 2.45) is 0 Å². The zero-order valence-electron chi connectivity index (χ0n) is 23.2. The van der Waals surface area contributed by atoms with E-state index in [1.54, 1.807) is 24.8 Å². The van der Waals surface area contributed by atoms with Crippen molar-refractivity contribution in [3.63, 3.8) is 0 Å². The van der Waals surface area contributed by atoms with E-state index in [2.05, 4.69) is 30.6 Å². The van der Waals surface area contributed by atoms with E-state index in [1.807, 2.05) is 48.5 Å². The molecule has 2 aromatic carbocycles. The summed E-state index contributed by atoms with van der Waals surface area (Å²) in [6, 6.07) is 15.5. The Balaban J connectivity index is 0.000000528. The number of benzene rings is 2. The van der Waals surface area contributed by atoms with Crippen LogP contribution in [0.25, 0.3) is 90.2 Å². The molecule has 0 amide bonds. The summed E-state index contributed by atoms with van der Waals surface area (Å²) in [6.07, 6.45) is 7.33. The predicted octanol–water partition coefficient (Wildman–Crippen LogP) is 5.16. The zero-order chi connectivity index (χ0) is 30.7. The van der Waals surface area contributed by atoms with Crippen molar-refractivity contribution < 1.29 is 25.5 Å². The Morgan fingerprint density at radius 1 is 0.500 bits per heavy atom. The Morgan fingerprint density at radius 3 is 0.958 bits per heavy atom. The van der Waals surface area contributed by atoms with Crippen molar-refractivity contribution in [3.05, 3.63) is 73.3 Å². The molecule has 1 radical (unpaired) electrons. The van der Waals surface area contributed by atoms with Gasteiger partial charge in [0.1, 0.15) is 46.1 Å². The van der Waals surface area contributed by atoms with Crippen LogP contribution < -0.4 is 9.97 Å². The van der Waals surface area contributed by atoms with Gasteiger partial charge in [0.2, 0.25) is 9.05 Å². The second kappa shape index (κ2) is 13.1. The van der Waals surface area contributed by atoms with Crippen LogP contribution in [0.2, 0.25) is 0 Å². The van der Waals surface area contributed by atoms with Crippen LogP contribution in [0.4, 0.5) is 0 Å². The minimum atomic E-state index is -3.19. The van der Waals surface area contributed by atoms with Crippen molar-refractivity contribution in [2.45, 2.75) is 14.9 Å². The number of aromatic nitrogens is 12. The standard InChI is InChI=1S/C28H12N12.CH3ClO2S.2CH4.Cu/c1-2-6-14-13(5-1)21-33-22(14)36-26-19-20(32-12-11-31-19)28(40-26)38-24-16-8-4-3-7-15(16)23(34-24)37-27-18-17(25(35-21)39-27)29-9-10-30-18;1-5(2,3)4;;;/h1-12H;1H3;2*1H4;/q-2;;;;+2. The van der Waals surface area contributed by atoms with Gasteiger partial charge in [-0.3, -0.25) is 19.9 Å². The molecule has 0 fully saturated rings. The van der Waals surface area contributed by atoms with Gasteiger partial charge in [-0.25, -0.2) is 18.4 Å². The van der Waals surface area contributed by atoms with Crippen LogP contribution in [0.1, 0.15) is 14.9 Å². The van der Waals surface area contributed by atoms with Crippen molar-refractivity contribution >= 4 is 63.9 Å². The molecule has 7 heterocycles. The molecule has 2 aliphatic heterocycles. The van der Waals surface area contributed by atoms with E-state index in [0.29, 0.717) is 68.7 Å². The van der Waals surface area contributed by atoms with E-state index in [-0.39, 0.29) is 31.9 Å². The number of hydrogen-bond acceptors (Lipinski definition) is 12. The van der Waals surface area contributed by atoms with Crippen LogP contribution in [0, 0.1) is 0 Å². The van der Waals surface area contributed by atoms with Gasteiger partial charge in [-0.1, -0.05) is 63.4 Å². The first-order chi connectivity index (χ1) is 21.8. The van der Waals surface area contributed by atoms with Gasteiger partial charge in [-0.15, -0.1) is 0 Å². The van der Waals surface area contributed by atoms with E-state index in [1.165, 1.54) is 0 Å². The molecule has 0 N–H and O–H groups in total. The maximum absolute atomic E-state index is 9.40. The maximum atomic E-state index is 9.40. The van der Waals surface area contributed by atoms with Crippen molar-refractivity contribution in [3.8, 4) is 46.1 Å². The van der Waals surface area contributed by atoms with E-state index in [0.717, 1.165) is 27.8 Å². The summed E-state index contributed by atoms with van der Waals surface area (Å²) in [6.45, 7) is 0. The van der Waals surface area contributed by atoms with Crippen LogP contribution >= 0.6 is 10.7 Å². The van der Waals surface area contributed by atoms with Crippen LogP contribution in [0.5, 0.6) is 0 Å². The van der Waals surface area contributed by atoms with Gasteiger partial charge >= 0.3 is 17.1 Å². The molecule has 9 rings (SSSR count). The SMILES string of the molecule is C.C.CS(=O)(=O)Cl.[Cu+2].c1ccc2c3nc4nc(nc5[n-]c(nc6nc(nc([n-]3)c2c1)-c1nccnc1-6)c1ccccc51)-c1nccnc1-4. The summed E-state index contributed by atoms with van der Waals surface area (Å²) in [5.41, 5.74) is 3.85. The molecule has 0 aliphatic carbocycles. The Morgan fingerprint density at radius 2 is 0.729 bits per heavy atom. The van der Waals surface area contributed by atoms with Crippen molar-refractivity contribution in [1.82, 2.24) is 59.8 Å². The van der Waals surface area contributed by atoms with E-state index < -0.39 is 9.05 Å². The molecule has 0 atom stereocenters. The molecular weight excluding hydrogens is 703 g/mol. The van der Waals surface area contributed by atoms with Crippen LogP contribution in [0.15, 0.2) is 73.3 Å². The van der Waals surface area contributed by atoms with Crippen molar-refractivity contribution in [2.75, 3.05) is 6.26 Å². The smallest absolute Gasteiger partial charge is 0.357 e. The Labute approximate surface area is 288 Å². The number of hydrogen-bond donors (Lipinski definition) is 0. The second-order valence-electron chi connectivity index (χ2n) is 9.76. The fraction of sp³-hybridized carbons (Fsp3) is 0.0968. The van der Waals surface area contributed by atoms with Gasteiger partial charge < -0.3 is 29.9 Å². The number of rotatable bonds is 0. The summed E-state index contributed by atoms with van der Waals surface area (Å²) in [7, 11) is 1.31. The normalized spacial score (nSPS) is 11.2. The molecule has 0 spiro atoms. The van der Waals surface area contributed by atoms with Gasteiger partial charge in [0.05, 0.1) is 6.26 Å². The minimum Gasteiger partial charge on any atom is -0.357 e. The van der Waals surface area contributed by atoms with Gasteiger partial charge in [0, 0.05) is 58.1 Å². The average Bonchev–Trinajstić information content (AvgIpc) is 3.76. The second-order valence-corrected chi connectivity index (χ2v) is 12.8. The Kier molecular flexibility index (Phi) is 9.28. The van der Waals surface area contributed by atoms with E-state index in [9.17, 15) is 8.42 Å². The molecule has 7 aromatic rings. The maximum Gasteiger partial charge on any atom is 2.00 e. The fourth-order valence-corrected chi connectivity index (χ4v) is 4.98. The first kappa shape index (κ1) is 34.1. The van der Waals surface area contributed by atoms with Crippen LogP contribution in [-0.4, -0.2) is 64.5 Å². The first-order valence-electron chi connectivity index (χ1n) is 13.2. The van der Waals surface area contributed by atoms with Crippen molar-refractivity contribution in [1.29, 1.82) is 0 Å². The molecule has 17 heteroatoms. The zero-order valence-corrected chi connectivity index (χ0v) is 25.7. The third-order valence-corrected chi connectivity index (χ3v) is 6.76. The third kappa shape index (κ3) is 6.09. The average molecular weight is 727 g/mol. The van der Waals surface area contributed by atoms with Crippen LogP contribution in [0.3, 0.4) is 0 Å². The molecule has 8 bridgehead atoms. The molecule has 0 unspecified atom stereocenters. The Bertz CT molecular complexity index is 2300. The first-order valence-corrected chi connectivity index (χ1v) is 15.9. The molecule has 243 valence electrons. The number of nitrogens with zero attached hydrogens (tertiary/aromatic N) is 12. The molecule has 2 aliphatic rings. The van der Waals surface area contributed by atoms with Gasteiger partial charge in [0.25, 0.3) is 0 Å². The van der Waals surface area contributed by atoms with Gasteiger partial charge in [-0.05, 0) is 21.5 Å². The van der Waals surface area contributed by atoms with Crippen LogP contribution in [-0.2, 0) is 26.1 Å². The predicted molar refractivity (Wildman–Crippen MR) is 179 cm³/mol. The van der Waals surface area contributed by atoms with Gasteiger partial charge in [0.15, 0.2) is 0 Å². The molecule has 0 saturated carbocycles. The topological polar surface area (TPSA) is 191 Å². The molecule has 48 heavy (non-hydrogen) atoms. The molecular formula is C31H23ClCuN12O2S. The molecule has 14 nitrogen and oxygen atoms in total. The van der Waals surface area contributed by atoms with E-state index >= 15 is 0 Å². The summed E-state index contributed by atoms with van der Waals surface area (Å²) in [5.74, 6) is 1.42. The summed E-state index contributed by atoms with van der Waals surface area (Å²) < 4.78 is 18.8. The van der Waals surface area contributed by atoms with E-state index in [4.69, 9.17) is 39.9 Å². The summed E-state index contributed by atoms with van der Waals surface area (Å²) in [5, 5.41) is 3.24. The third-order valence-electron chi connectivity index (χ3n) is 6.76. The minimum absolute atomic E-state index is 0. The number of fused-ring (bicyclic) bond motifs is 20. The molecule has 5 aromatic heterocycles.